The van der Waals surface area contributed by atoms with Gasteiger partial charge >= 0.3 is 0 Å². The van der Waals surface area contributed by atoms with Crippen LogP contribution < -0.4 is 4.72 Å². The molecule has 2 aromatic carbocycles. The van der Waals surface area contributed by atoms with Gasteiger partial charge in [0.2, 0.25) is 0 Å². The molecular weight excluding hydrogens is 411 g/mol. The van der Waals surface area contributed by atoms with Gasteiger partial charge in [0.1, 0.15) is 5.69 Å². The third kappa shape index (κ3) is 4.27. The summed E-state index contributed by atoms with van der Waals surface area (Å²) in [4.78, 5) is 12.7. The molecule has 0 fully saturated rings. The number of halogens is 2. The Hall–Kier alpha value is -2.06. The van der Waals surface area contributed by atoms with Crippen LogP contribution in [0.5, 0.6) is 0 Å². The van der Waals surface area contributed by atoms with E-state index in [0.29, 0.717) is 23.2 Å². The first kappa shape index (κ1) is 19.7. The lowest BCUT2D eigenvalue weighted by Crippen LogP contribution is -2.32. The topological polar surface area (TPSA) is 77.4 Å². The molecule has 3 aromatic rings. The molecule has 9 heteroatoms. The van der Waals surface area contributed by atoms with Gasteiger partial charge in [0.05, 0.1) is 11.5 Å². The monoisotopic (exact) mass is 426 g/mol. The minimum atomic E-state index is -4.04. The van der Waals surface area contributed by atoms with E-state index in [9.17, 15) is 13.2 Å². The summed E-state index contributed by atoms with van der Waals surface area (Å²) in [7, 11) is -2.49. The Morgan fingerprint density at radius 2 is 1.74 bits per heavy atom. The van der Waals surface area contributed by atoms with Gasteiger partial charge in [-0.05, 0) is 48.5 Å². The molecule has 142 valence electrons. The number of carbonyl (C=O) groups is 1. The van der Waals surface area contributed by atoms with Crippen molar-refractivity contribution in [2.75, 3.05) is 13.7 Å². The number of ether oxygens (including phenoxy) is 1. The summed E-state index contributed by atoms with van der Waals surface area (Å²) < 4.78 is 33.9. The fourth-order valence-corrected chi connectivity index (χ4v) is 3.97. The van der Waals surface area contributed by atoms with Crippen LogP contribution in [0.1, 0.15) is 10.5 Å². The summed E-state index contributed by atoms with van der Waals surface area (Å²) in [5.74, 6) is -0.742. The van der Waals surface area contributed by atoms with Crippen molar-refractivity contribution < 1.29 is 17.9 Å². The Kier molecular flexibility index (Phi) is 5.76. The molecule has 1 amide bonds. The van der Waals surface area contributed by atoms with E-state index in [1.807, 2.05) is 0 Å². The zero-order chi connectivity index (χ0) is 19.6. The summed E-state index contributed by atoms with van der Waals surface area (Å²) in [6.07, 6.45) is 0. The molecule has 1 aromatic heterocycles. The predicted molar refractivity (Wildman–Crippen MR) is 105 cm³/mol. The molecule has 0 atom stereocenters. The molecule has 0 aliphatic carbocycles. The van der Waals surface area contributed by atoms with E-state index in [0.717, 1.165) is 10.9 Å². The van der Waals surface area contributed by atoms with E-state index in [2.05, 4.69) is 4.72 Å². The SMILES string of the molecule is COCCn1c(C(=O)NS(=O)(=O)c2ccc(Cl)cc2)cc2cc(Cl)ccc21. The number of hydrogen-bond acceptors (Lipinski definition) is 4. The lowest BCUT2D eigenvalue weighted by molar-refractivity contribution is 0.0970. The third-order valence-corrected chi connectivity index (χ3v) is 5.80. The molecule has 0 aliphatic rings. The molecule has 0 bridgehead atoms. The average Bonchev–Trinajstić information content (AvgIpc) is 2.97. The Balaban J connectivity index is 1.98. The normalized spacial score (nSPS) is 11.7. The quantitative estimate of drug-likeness (QED) is 0.651. The van der Waals surface area contributed by atoms with Crippen LogP contribution in [0.25, 0.3) is 10.9 Å². The van der Waals surface area contributed by atoms with Crippen LogP contribution in [0.15, 0.2) is 53.4 Å². The van der Waals surface area contributed by atoms with Gasteiger partial charge in [0, 0.05) is 34.6 Å². The largest absolute Gasteiger partial charge is 0.383 e. The molecular formula is C18H16Cl2N2O4S. The van der Waals surface area contributed by atoms with E-state index in [1.54, 1.807) is 35.9 Å². The van der Waals surface area contributed by atoms with Crippen molar-refractivity contribution in [3.05, 3.63) is 64.3 Å². The molecule has 0 radical (unpaired) electrons. The number of nitrogens with zero attached hydrogens (tertiary/aromatic N) is 1. The Morgan fingerprint density at radius 3 is 2.41 bits per heavy atom. The second kappa shape index (κ2) is 7.90. The summed E-state index contributed by atoms with van der Waals surface area (Å²) in [5.41, 5.74) is 0.951. The fraction of sp³-hybridized carbons (Fsp3) is 0.167. The average molecular weight is 427 g/mol. The minimum absolute atomic E-state index is 0.0529. The van der Waals surface area contributed by atoms with Gasteiger partial charge in [-0.1, -0.05) is 23.2 Å². The minimum Gasteiger partial charge on any atom is -0.383 e. The van der Waals surface area contributed by atoms with Crippen LogP contribution in [0.2, 0.25) is 10.0 Å². The summed E-state index contributed by atoms with van der Waals surface area (Å²) in [6, 6.07) is 12.3. The van der Waals surface area contributed by atoms with Crippen molar-refractivity contribution in [3.63, 3.8) is 0 Å². The van der Waals surface area contributed by atoms with Crippen LogP contribution in [0.3, 0.4) is 0 Å². The van der Waals surface area contributed by atoms with Gasteiger partial charge in [0.25, 0.3) is 15.9 Å². The highest BCUT2D eigenvalue weighted by atomic mass is 35.5. The molecule has 0 unspecified atom stereocenters. The first-order chi connectivity index (χ1) is 12.8. The number of aromatic nitrogens is 1. The van der Waals surface area contributed by atoms with E-state index in [1.165, 1.54) is 24.3 Å². The molecule has 6 nitrogen and oxygen atoms in total. The lowest BCUT2D eigenvalue weighted by Gasteiger charge is -2.11. The number of amides is 1. The van der Waals surface area contributed by atoms with Crippen LogP contribution in [0.4, 0.5) is 0 Å². The summed E-state index contributed by atoms with van der Waals surface area (Å²) in [6.45, 7) is 0.738. The second-order valence-corrected chi connectivity index (χ2v) is 8.32. The summed E-state index contributed by atoms with van der Waals surface area (Å²) >= 11 is 11.8. The van der Waals surface area contributed by atoms with Gasteiger partial charge < -0.3 is 9.30 Å². The molecule has 0 aliphatic heterocycles. The van der Waals surface area contributed by atoms with Crippen molar-refractivity contribution in [2.45, 2.75) is 11.4 Å². The molecule has 1 heterocycles. The standard InChI is InChI=1S/C18H16Cl2N2O4S/c1-26-9-8-22-16-7-4-14(20)10-12(16)11-17(22)18(23)21-27(24,25)15-5-2-13(19)3-6-15/h2-7,10-11H,8-9H2,1H3,(H,21,23). The highest BCUT2D eigenvalue weighted by Gasteiger charge is 2.22. The van der Waals surface area contributed by atoms with Crippen molar-refractivity contribution in [1.82, 2.24) is 9.29 Å². The molecule has 1 N–H and O–H groups in total. The van der Waals surface area contributed by atoms with Gasteiger partial charge in [0.15, 0.2) is 0 Å². The van der Waals surface area contributed by atoms with Crippen molar-refractivity contribution in [1.29, 1.82) is 0 Å². The van der Waals surface area contributed by atoms with E-state index in [4.69, 9.17) is 27.9 Å². The van der Waals surface area contributed by atoms with Gasteiger partial charge in [-0.3, -0.25) is 4.79 Å². The Labute approximate surface area is 166 Å². The van der Waals surface area contributed by atoms with Crippen LogP contribution in [0, 0.1) is 0 Å². The predicted octanol–water partition coefficient (Wildman–Crippen LogP) is 3.71. The molecule has 0 spiro atoms. The second-order valence-electron chi connectivity index (χ2n) is 5.77. The van der Waals surface area contributed by atoms with Crippen LogP contribution in [-0.2, 0) is 21.3 Å². The third-order valence-electron chi connectivity index (χ3n) is 3.97. The Morgan fingerprint density at radius 1 is 1.07 bits per heavy atom. The first-order valence-corrected chi connectivity index (χ1v) is 10.2. The first-order valence-electron chi connectivity index (χ1n) is 7.92. The van der Waals surface area contributed by atoms with E-state index >= 15 is 0 Å². The Bertz CT molecular complexity index is 1090. The van der Waals surface area contributed by atoms with Gasteiger partial charge in [-0.25, -0.2) is 13.1 Å². The maximum absolute atomic E-state index is 12.7. The molecule has 27 heavy (non-hydrogen) atoms. The zero-order valence-electron chi connectivity index (χ0n) is 14.3. The molecule has 3 rings (SSSR count). The van der Waals surface area contributed by atoms with E-state index < -0.39 is 15.9 Å². The molecule has 0 saturated carbocycles. The fourth-order valence-electron chi connectivity index (χ4n) is 2.70. The number of hydrogen-bond donors (Lipinski definition) is 1. The highest BCUT2D eigenvalue weighted by Crippen LogP contribution is 2.24. The number of fused-ring (bicyclic) bond motifs is 1. The number of nitrogens with one attached hydrogen (secondary N) is 1. The van der Waals surface area contributed by atoms with Gasteiger partial charge in [-0.15, -0.1) is 0 Å². The maximum Gasteiger partial charge on any atom is 0.281 e. The number of sulfonamides is 1. The highest BCUT2D eigenvalue weighted by molar-refractivity contribution is 7.90. The number of benzene rings is 2. The number of rotatable bonds is 6. The maximum atomic E-state index is 12.7. The number of methoxy groups -OCH3 is 1. The smallest absolute Gasteiger partial charge is 0.281 e. The zero-order valence-corrected chi connectivity index (χ0v) is 16.6. The van der Waals surface area contributed by atoms with Crippen LogP contribution >= 0.6 is 23.2 Å². The van der Waals surface area contributed by atoms with Crippen molar-refractivity contribution in [3.8, 4) is 0 Å². The van der Waals surface area contributed by atoms with E-state index in [-0.39, 0.29) is 10.6 Å². The van der Waals surface area contributed by atoms with Crippen molar-refractivity contribution >= 4 is 50.0 Å². The number of carbonyl (C=O) groups excluding carboxylic acids is 1. The molecule has 0 saturated heterocycles. The lowest BCUT2D eigenvalue weighted by atomic mass is 10.2. The van der Waals surface area contributed by atoms with Crippen LogP contribution in [-0.4, -0.2) is 32.6 Å². The van der Waals surface area contributed by atoms with Gasteiger partial charge in [-0.2, -0.15) is 0 Å². The summed E-state index contributed by atoms with van der Waals surface area (Å²) in [5, 5.41) is 1.65. The van der Waals surface area contributed by atoms with Crippen molar-refractivity contribution in [2.24, 2.45) is 0 Å².